The van der Waals surface area contributed by atoms with Crippen molar-refractivity contribution in [1.82, 2.24) is 9.97 Å². The lowest BCUT2D eigenvalue weighted by atomic mass is 10.0. The number of hydrogen-bond donors (Lipinski definition) is 0. The highest BCUT2D eigenvalue weighted by Crippen LogP contribution is 2.39. The van der Waals surface area contributed by atoms with Crippen LogP contribution in [0.3, 0.4) is 0 Å². The Morgan fingerprint density at radius 1 is 1.00 bits per heavy atom. The molecule has 0 fully saturated rings. The molecule has 4 nitrogen and oxygen atoms in total. The zero-order valence-electron chi connectivity index (χ0n) is 11.3. The van der Waals surface area contributed by atoms with E-state index < -0.39 is 0 Å². The van der Waals surface area contributed by atoms with Crippen LogP contribution in [0.15, 0.2) is 18.5 Å². The van der Waals surface area contributed by atoms with Crippen LogP contribution in [0.1, 0.15) is 11.1 Å². The first-order valence-electron chi connectivity index (χ1n) is 5.79. The van der Waals surface area contributed by atoms with Crippen LogP contribution >= 0.6 is 11.6 Å². The van der Waals surface area contributed by atoms with E-state index in [2.05, 4.69) is 9.97 Å². The van der Waals surface area contributed by atoms with Crippen molar-refractivity contribution in [3.8, 4) is 22.8 Å². The molecule has 0 N–H and O–H groups in total. The predicted octanol–water partition coefficient (Wildman–Crippen LogP) is 3.43. The molecule has 1 aromatic heterocycles. The first-order valence-corrected chi connectivity index (χ1v) is 6.17. The summed E-state index contributed by atoms with van der Waals surface area (Å²) in [5.74, 6) is 1.22. The van der Waals surface area contributed by atoms with E-state index in [4.69, 9.17) is 21.1 Å². The lowest BCUT2D eigenvalue weighted by Gasteiger charge is -2.15. The van der Waals surface area contributed by atoms with E-state index in [1.807, 2.05) is 26.0 Å². The minimum atomic E-state index is 0.285. The molecule has 0 spiro atoms. The molecule has 0 radical (unpaired) electrons. The number of hydrogen-bond acceptors (Lipinski definition) is 4. The van der Waals surface area contributed by atoms with Crippen LogP contribution < -0.4 is 9.47 Å². The van der Waals surface area contributed by atoms with Crippen molar-refractivity contribution in [1.29, 1.82) is 0 Å². The van der Waals surface area contributed by atoms with Gasteiger partial charge in [-0.1, -0.05) is 17.7 Å². The maximum atomic E-state index is 6.03. The van der Waals surface area contributed by atoms with Crippen molar-refractivity contribution in [2.24, 2.45) is 0 Å². The van der Waals surface area contributed by atoms with Gasteiger partial charge >= 0.3 is 0 Å². The lowest BCUT2D eigenvalue weighted by Crippen LogP contribution is -1.98. The second kappa shape index (κ2) is 5.45. The molecule has 0 aliphatic rings. The summed E-state index contributed by atoms with van der Waals surface area (Å²) < 4.78 is 10.8. The Hall–Kier alpha value is -1.81. The normalized spacial score (nSPS) is 10.4. The monoisotopic (exact) mass is 278 g/mol. The van der Waals surface area contributed by atoms with Crippen molar-refractivity contribution >= 4 is 11.6 Å². The van der Waals surface area contributed by atoms with Gasteiger partial charge in [0.1, 0.15) is 17.8 Å². The Morgan fingerprint density at radius 3 is 2.32 bits per heavy atom. The summed E-state index contributed by atoms with van der Waals surface area (Å²) >= 11 is 6.03. The molecule has 2 rings (SSSR count). The van der Waals surface area contributed by atoms with Gasteiger partial charge in [0, 0.05) is 5.56 Å². The number of ether oxygens (including phenoxy) is 2. The molecule has 1 aromatic carbocycles. The second-order valence-electron chi connectivity index (χ2n) is 4.13. The number of aryl methyl sites for hydroxylation is 1. The molecule has 100 valence electrons. The van der Waals surface area contributed by atoms with Crippen LogP contribution in [0.25, 0.3) is 11.3 Å². The highest BCUT2D eigenvalue weighted by Gasteiger charge is 2.18. The zero-order valence-corrected chi connectivity index (χ0v) is 12.1. The van der Waals surface area contributed by atoms with Crippen molar-refractivity contribution < 1.29 is 9.47 Å². The lowest BCUT2D eigenvalue weighted by molar-refractivity contribution is 0.406. The highest BCUT2D eigenvalue weighted by atomic mass is 35.5. The summed E-state index contributed by atoms with van der Waals surface area (Å²) in [5, 5.41) is 0.285. The van der Waals surface area contributed by atoms with Crippen LogP contribution in [0.5, 0.6) is 11.5 Å². The van der Waals surface area contributed by atoms with Gasteiger partial charge < -0.3 is 9.47 Å². The van der Waals surface area contributed by atoms with Gasteiger partial charge in [0.05, 0.1) is 14.2 Å². The van der Waals surface area contributed by atoms with Crippen LogP contribution in [-0.2, 0) is 0 Å². The SMILES string of the molecule is COc1c(Cl)ncnc1-c1ccc(C)c(C)c1OC. The first kappa shape index (κ1) is 13.6. The number of benzene rings is 1. The van der Waals surface area contributed by atoms with E-state index >= 15 is 0 Å². The summed E-state index contributed by atoms with van der Waals surface area (Å²) in [6.07, 6.45) is 1.41. The van der Waals surface area contributed by atoms with Gasteiger partial charge in [-0.2, -0.15) is 0 Å². The topological polar surface area (TPSA) is 44.2 Å². The third-order valence-electron chi connectivity index (χ3n) is 3.10. The standard InChI is InChI=1S/C14H15ClN2O2/c1-8-5-6-10(12(18-3)9(8)2)11-13(19-4)14(15)17-7-16-11/h5-7H,1-4H3. The Labute approximate surface area is 117 Å². The van der Waals surface area contributed by atoms with Gasteiger partial charge in [0.2, 0.25) is 0 Å². The summed E-state index contributed by atoms with van der Waals surface area (Å²) in [6.45, 7) is 4.04. The van der Waals surface area contributed by atoms with Crippen LogP contribution in [0, 0.1) is 13.8 Å². The third kappa shape index (κ3) is 2.36. The molecule has 5 heteroatoms. The smallest absolute Gasteiger partial charge is 0.182 e. The molecular weight excluding hydrogens is 264 g/mol. The average molecular weight is 279 g/mol. The number of halogens is 1. The van der Waals surface area contributed by atoms with E-state index in [-0.39, 0.29) is 5.15 Å². The first-order chi connectivity index (χ1) is 9.10. The predicted molar refractivity (Wildman–Crippen MR) is 75.1 cm³/mol. The molecule has 2 aromatic rings. The molecule has 1 heterocycles. The fourth-order valence-electron chi connectivity index (χ4n) is 1.96. The fraction of sp³-hybridized carbons (Fsp3) is 0.286. The van der Waals surface area contributed by atoms with Gasteiger partial charge in [-0.05, 0) is 31.0 Å². The molecular formula is C14H15ClN2O2. The summed E-state index contributed by atoms with van der Waals surface area (Å²) in [4.78, 5) is 8.18. The molecule has 0 aliphatic heterocycles. The largest absolute Gasteiger partial charge is 0.496 e. The number of methoxy groups -OCH3 is 2. The molecule has 0 saturated heterocycles. The number of aromatic nitrogens is 2. The summed E-state index contributed by atoms with van der Waals surface area (Å²) in [5.41, 5.74) is 3.69. The van der Waals surface area contributed by atoms with Crippen molar-refractivity contribution in [3.63, 3.8) is 0 Å². The minimum Gasteiger partial charge on any atom is -0.496 e. The van der Waals surface area contributed by atoms with E-state index in [0.717, 1.165) is 22.4 Å². The third-order valence-corrected chi connectivity index (χ3v) is 3.37. The summed E-state index contributed by atoms with van der Waals surface area (Å²) in [6, 6.07) is 3.96. The van der Waals surface area contributed by atoms with E-state index in [1.165, 1.54) is 6.33 Å². The van der Waals surface area contributed by atoms with Crippen molar-refractivity contribution in [3.05, 3.63) is 34.7 Å². The Balaban J connectivity index is 2.72. The van der Waals surface area contributed by atoms with E-state index in [1.54, 1.807) is 14.2 Å². The highest BCUT2D eigenvalue weighted by molar-refractivity contribution is 6.31. The fourth-order valence-corrected chi connectivity index (χ4v) is 2.17. The van der Waals surface area contributed by atoms with E-state index in [0.29, 0.717) is 11.4 Å². The van der Waals surface area contributed by atoms with Gasteiger partial charge in [-0.25, -0.2) is 9.97 Å². The average Bonchev–Trinajstić information content (AvgIpc) is 2.41. The molecule has 0 saturated carbocycles. The maximum Gasteiger partial charge on any atom is 0.182 e. The minimum absolute atomic E-state index is 0.285. The molecule has 19 heavy (non-hydrogen) atoms. The van der Waals surface area contributed by atoms with Gasteiger partial charge in [0.25, 0.3) is 0 Å². The van der Waals surface area contributed by atoms with Gasteiger partial charge in [-0.3, -0.25) is 0 Å². The Kier molecular flexibility index (Phi) is 3.90. The van der Waals surface area contributed by atoms with Gasteiger partial charge in [-0.15, -0.1) is 0 Å². The van der Waals surface area contributed by atoms with Crippen LogP contribution in [-0.4, -0.2) is 24.2 Å². The molecule has 0 atom stereocenters. The van der Waals surface area contributed by atoms with E-state index in [9.17, 15) is 0 Å². The molecule has 0 bridgehead atoms. The second-order valence-corrected chi connectivity index (χ2v) is 4.49. The Morgan fingerprint density at radius 2 is 1.68 bits per heavy atom. The summed E-state index contributed by atoms with van der Waals surface area (Å²) in [7, 11) is 3.18. The molecule has 0 unspecified atom stereocenters. The molecule has 0 aliphatic carbocycles. The van der Waals surface area contributed by atoms with Crippen LogP contribution in [0.2, 0.25) is 5.15 Å². The van der Waals surface area contributed by atoms with Crippen molar-refractivity contribution in [2.45, 2.75) is 13.8 Å². The van der Waals surface area contributed by atoms with Crippen molar-refractivity contribution in [2.75, 3.05) is 14.2 Å². The number of nitrogens with zero attached hydrogens (tertiary/aromatic N) is 2. The maximum absolute atomic E-state index is 6.03. The van der Waals surface area contributed by atoms with Gasteiger partial charge in [0.15, 0.2) is 10.9 Å². The quantitative estimate of drug-likeness (QED) is 0.807. The Bertz CT molecular complexity index is 615. The molecule has 0 amide bonds. The van der Waals surface area contributed by atoms with Crippen LogP contribution in [0.4, 0.5) is 0 Å². The zero-order chi connectivity index (χ0) is 14.0. The number of rotatable bonds is 3.